The van der Waals surface area contributed by atoms with Crippen LogP contribution in [0.3, 0.4) is 0 Å². The second kappa shape index (κ2) is 6.27. The largest absolute Gasteiger partial charge is 0.478 e. The highest BCUT2D eigenvalue weighted by Crippen LogP contribution is 2.31. The Morgan fingerprint density at radius 2 is 1.88 bits per heavy atom. The number of benzene rings is 2. The first-order valence-electron chi connectivity index (χ1n) is 8.23. The third-order valence-corrected chi connectivity index (χ3v) is 4.30. The maximum absolute atomic E-state index is 13.1. The van der Waals surface area contributed by atoms with Gasteiger partial charge in [-0.3, -0.25) is 4.79 Å². The SMILES string of the molecule is Cc1ccc2c(c1)CCCN2C(=O)C(C)(C)Oc1ccc(F)cc1. The summed E-state index contributed by atoms with van der Waals surface area (Å²) < 4.78 is 18.9. The Morgan fingerprint density at radius 1 is 1.17 bits per heavy atom. The van der Waals surface area contributed by atoms with E-state index in [1.54, 1.807) is 13.8 Å². The number of carbonyl (C=O) groups is 1. The molecule has 2 aromatic rings. The number of hydrogen-bond donors (Lipinski definition) is 0. The molecule has 0 radical (unpaired) electrons. The second-order valence-corrected chi connectivity index (χ2v) is 6.76. The number of aryl methyl sites for hydroxylation is 2. The Morgan fingerprint density at radius 3 is 2.58 bits per heavy atom. The van der Waals surface area contributed by atoms with Gasteiger partial charge < -0.3 is 9.64 Å². The number of fused-ring (bicyclic) bond motifs is 1. The summed E-state index contributed by atoms with van der Waals surface area (Å²) in [5.41, 5.74) is 2.34. The molecule has 0 aromatic heterocycles. The van der Waals surface area contributed by atoms with Gasteiger partial charge in [0.25, 0.3) is 5.91 Å². The van der Waals surface area contributed by atoms with E-state index in [1.165, 1.54) is 35.4 Å². The van der Waals surface area contributed by atoms with E-state index in [1.807, 2.05) is 17.0 Å². The summed E-state index contributed by atoms with van der Waals surface area (Å²) >= 11 is 0. The van der Waals surface area contributed by atoms with Gasteiger partial charge in [-0.2, -0.15) is 0 Å². The van der Waals surface area contributed by atoms with Gasteiger partial charge in [-0.25, -0.2) is 4.39 Å². The van der Waals surface area contributed by atoms with Crippen LogP contribution in [0.25, 0.3) is 0 Å². The average Bonchev–Trinajstić information content (AvgIpc) is 2.55. The lowest BCUT2D eigenvalue weighted by molar-refractivity contribution is -0.131. The van der Waals surface area contributed by atoms with Crippen LogP contribution in [0.4, 0.5) is 10.1 Å². The van der Waals surface area contributed by atoms with E-state index in [-0.39, 0.29) is 11.7 Å². The van der Waals surface area contributed by atoms with Crippen molar-refractivity contribution in [1.29, 1.82) is 0 Å². The van der Waals surface area contributed by atoms with Gasteiger partial charge in [-0.05, 0) is 69.5 Å². The number of ether oxygens (including phenoxy) is 1. The lowest BCUT2D eigenvalue weighted by Gasteiger charge is -2.36. The minimum Gasteiger partial charge on any atom is -0.478 e. The first-order valence-corrected chi connectivity index (χ1v) is 8.23. The van der Waals surface area contributed by atoms with Gasteiger partial charge in [0.05, 0.1) is 0 Å². The molecule has 2 aromatic carbocycles. The fourth-order valence-electron chi connectivity index (χ4n) is 3.10. The smallest absolute Gasteiger partial charge is 0.270 e. The molecule has 0 spiro atoms. The van der Waals surface area contributed by atoms with Gasteiger partial charge in [-0.1, -0.05) is 17.7 Å². The minimum absolute atomic E-state index is 0.0865. The summed E-state index contributed by atoms with van der Waals surface area (Å²) in [5.74, 6) is 0.0688. The van der Waals surface area contributed by atoms with Crippen molar-refractivity contribution < 1.29 is 13.9 Å². The summed E-state index contributed by atoms with van der Waals surface area (Å²) in [7, 11) is 0. The molecule has 0 saturated carbocycles. The second-order valence-electron chi connectivity index (χ2n) is 6.76. The molecule has 1 amide bonds. The van der Waals surface area contributed by atoms with Crippen molar-refractivity contribution in [2.75, 3.05) is 11.4 Å². The Kier molecular flexibility index (Phi) is 4.31. The van der Waals surface area contributed by atoms with Crippen molar-refractivity contribution in [2.45, 2.75) is 39.2 Å². The average molecular weight is 327 g/mol. The molecule has 0 saturated heterocycles. The number of nitrogens with zero attached hydrogens (tertiary/aromatic N) is 1. The van der Waals surface area contributed by atoms with Gasteiger partial charge in [0, 0.05) is 12.2 Å². The van der Waals surface area contributed by atoms with Crippen LogP contribution >= 0.6 is 0 Å². The molecule has 0 bridgehead atoms. The van der Waals surface area contributed by atoms with E-state index >= 15 is 0 Å². The molecule has 1 heterocycles. The van der Waals surface area contributed by atoms with Gasteiger partial charge in [0.2, 0.25) is 0 Å². The summed E-state index contributed by atoms with van der Waals surface area (Å²) in [5, 5.41) is 0. The van der Waals surface area contributed by atoms with Crippen molar-refractivity contribution in [3.05, 3.63) is 59.4 Å². The van der Waals surface area contributed by atoms with Gasteiger partial charge in [0.15, 0.2) is 5.60 Å². The Bertz CT molecular complexity index is 753. The van der Waals surface area contributed by atoms with E-state index < -0.39 is 5.60 Å². The van der Waals surface area contributed by atoms with Crippen molar-refractivity contribution >= 4 is 11.6 Å². The monoisotopic (exact) mass is 327 g/mol. The molecule has 3 nitrogen and oxygen atoms in total. The van der Waals surface area contributed by atoms with Crippen molar-refractivity contribution in [1.82, 2.24) is 0 Å². The predicted molar refractivity (Wildman–Crippen MR) is 93.0 cm³/mol. The number of hydrogen-bond acceptors (Lipinski definition) is 2. The molecule has 4 heteroatoms. The third kappa shape index (κ3) is 3.28. The molecule has 1 aliphatic rings. The van der Waals surface area contributed by atoms with Crippen LogP contribution in [-0.4, -0.2) is 18.1 Å². The van der Waals surface area contributed by atoms with E-state index in [2.05, 4.69) is 13.0 Å². The lowest BCUT2D eigenvalue weighted by Crippen LogP contribution is -2.50. The molecule has 1 aliphatic heterocycles. The first kappa shape index (κ1) is 16.5. The van der Waals surface area contributed by atoms with E-state index in [0.29, 0.717) is 12.3 Å². The molecule has 0 aliphatic carbocycles. The van der Waals surface area contributed by atoms with Crippen LogP contribution < -0.4 is 9.64 Å². The molecular weight excluding hydrogens is 305 g/mol. The lowest BCUT2D eigenvalue weighted by atomic mass is 9.97. The van der Waals surface area contributed by atoms with Crippen molar-refractivity contribution in [2.24, 2.45) is 0 Å². The summed E-state index contributed by atoms with van der Waals surface area (Å²) in [6.07, 6.45) is 1.93. The maximum Gasteiger partial charge on any atom is 0.270 e. The fraction of sp³-hybridized carbons (Fsp3) is 0.350. The molecule has 126 valence electrons. The third-order valence-electron chi connectivity index (χ3n) is 4.30. The highest BCUT2D eigenvalue weighted by atomic mass is 19.1. The van der Waals surface area contributed by atoms with E-state index in [0.717, 1.165) is 18.5 Å². The van der Waals surface area contributed by atoms with Crippen LogP contribution in [0.5, 0.6) is 5.75 Å². The summed E-state index contributed by atoms with van der Waals surface area (Å²) in [6, 6.07) is 11.9. The highest BCUT2D eigenvalue weighted by molar-refractivity contribution is 6.00. The van der Waals surface area contributed by atoms with Gasteiger partial charge >= 0.3 is 0 Å². The zero-order valence-corrected chi connectivity index (χ0v) is 14.3. The first-order chi connectivity index (χ1) is 11.4. The number of carbonyl (C=O) groups excluding carboxylic acids is 1. The van der Waals surface area contributed by atoms with Gasteiger partial charge in [-0.15, -0.1) is 0 Å². The highest BCUT2D eigenvalue weighted by Gasteiger charge is 2.36. The zero-order chi connectivity index (χ0) is 17.3. The topological polar surface area (TPSA) is 29.5 Å². The molecule has 0 fully saturated rings. The molecule has 0 unspecified atom stereocenters. The summed E-state index contributed by atoms with van der Waals surface area (Å²) in [4.78, 5) is 14.9. The summed E-state index contributed by atoms with van der Waals surface area (Å²) in [6.45, 7) is 6.25. The zero-order valence-electron chi connectivity index (χ0n) is 14.3. The standard InChI is InChI=1S/C20H22FNO2/c1-14-6-11-18-15(13-14)5-4-12-22(18)19(23)20(2,3)24-17-9-7-16(21)8-10-17/h6-11,13H,4-5,12H2,1-3H3. The van der Waals surface area contributed by atoms with Crippen LogP contribution in [-0.2, 0) is 11.2 Å². The fourth-order valence-corrected chi connectivity index (χ4v) is 3.10. The maximum atomic E-state index is 13.1. The normalized spacial score (nSPS) is 14.2. The van der Waals surface area contributed by atoms with Crippen LogP contribution in [0.1, 0.15) is 31.4 Å². The molecular formula is C20H22FNO2. The number of rotatable bonds is 3. The number of halogens is 1. The van der Waals surface area contributed by atoms with Crippen molar-refractivity contribution in [3.8, 4) is 5.75 Å². The van der Waals surface area contributed by atoms with Crippen LogP contribution in [0, 0.1) is 12.7 Å². The Labute approximate surface area is 142 Å². The molecule has 0 N–H and O–H groups in total. The Hall–Kier alpha value is -2.36. The van der Waals surface area contributed by atoms with Crippen LogP contribution in [0.2, 0.25) is 0 Å². The molecule has 0 atom stereocenters. The van der Waals surface area contributed by atoms with E-state index in [9.17, 15) is 9.18 Å². The number of anilines is 1. The predicted octanol–water partition coefficient (Wildman–Crippen LogP) is 4.27. The van der Waals surface area contributed by atoms with Crippen LogP contribution in [0.15, 0.2) is 42.5 Å². The number of amides is 1. The van der Waals surface area contributed by atoms with Gasteiger partial charge in [0.1, 0.15) is 11.6 Å². The van der Waals surface area contributed by atoms with E-state index in [4.69, 9.17) is 4.74 Å². The molecule has 24 heavy (non-hydrogen) atoms. The van der Waals surface area contributed by atoms with Crippen molar-refractivity contribution in [3.63, 3.8) is 0 Å². The minimum atomic E-state index is -1.03. The molecule has 3 rings (SSSR count). The Balaban J connectivity index is 1.84. The quantitative estimate of drug-likeness (QED) is 0.842.